The van der Waals surface area contributed by atoms with Crippen molar-refractivity contribution in [2.45, 2.75) is 177 Å². The molecule has 20 unspecified atom stereocenters. The van der Waals surface area contributed by atoms with Crippen molar-refractivity contribution in [2.24, 2.45) is 10.7 Å². The number of carbonyl (C=O) groups excluding carboxylic acids is 3. The Morgan fingerprint density at radius 3 is 1.58 bits per heavy atom. The number of amidine groups is 1. The summed E-state index contributed by atoms with van der Waals surface area (Å²) in [6.45, 7) is 8.44. The molecule has 0 aromatic carbocycles. The fourth-order valence-corrected chi connectivity index (χ4v) is 14.1. The number of nitrogens with one attached hydrogen (secondary N) is 2. The number of nitrogens with zero attached hydrogens (tertiary/aromatic N) is 3. The Morgan fingerprint density at radius 1 is 0.679 bits per heavy atom. The third kappa shape index (κ3) is 20.4. The van der Waals surface area contributed by atoms with Gasteiger partial charge in [0.15, 0.2) is 23.4 Å². The SMILES string of the molecule is C=CC(OC1CC(n2cnc3c2N=C(N)CC3=O)OC1COP(=O)(O)O)C(=O)NCC1OC(C)CC1OP(=O)(O)OCC1OC(C)CC1OP(=O)(O)OCC1OC(C)CC1OP(=O)(O)OCC1OC(C)CC1OP(=O)(O)OCCCNC(C)=O. The lowest BCUT2D eigenvalue weighted by Crippen LogP contribution is -2.44. The van der Waals surface area contributed by atoms with Crippen molar-refractivity contribution in [1.29, 1.82) is 0 Å². The van der Waals surface area contributed by atoms with Crippen molar-refractivity contribution in [1.82, 2.24) is 20.2 Å². The van der Waals surface area contributed by atoms with Gasteiger partial charge in [-0.15, -0.1) is 0 Å². The van der Waals surface area contributed by atoms with Crippen LogP contribution in [0.3, 0.4) is 0 Å². The number of amides is 2. The zero-order chi connectivity index (χ0) is 61.5. The lowest BCUT2D eigenvalue weighted by atomic mass is 10.1. The highest BCUT2D eigenvalue weighted by Crippen LogP contribution is 2.53. The maximum Gasteiger partial charge on any atom is 0.472 e. The van der Waals surface area contributed by atoms with E-state index < -0.39 is 169 Å². The Morgan fingerprint density at radius 2 is 1.12 bits per heavy atom. The van der Waals surface area contributed by atoms with E-state index in [9.17, 15) is 66.6 Å². The Balaban J connectivity index is 0.865. The van der Waals surface area contributed by atoms with Gasteiger partial charge in [-0.1, -0.05) is 12.7 Å². The number of rotatable bonds is 32. The quantitative estimate of drug-likeness (QED) is 0.0283. The first-order valence-corrected chi connectivity index (χ1v) is 34.1. The number of phosphoric ester groups is 5. The fourth-order valence-electron chi connectivity index (χ4n) is 9.92. The van der Waals surface area contributed by atoms with Crippen LogP contribution in [0.15, 0.2) is 24.0 Å². The Hall–Kier alpha value is -2.66. The largest absolute Gasteiger partial charge is 0.472 e. The topological polar surface area (TPSA) is 477 Å². The zero-order valence-corrected chi connectivity index (χ0v) is 50.7. The lowest BCUT2D eigenvalue weighted by molar-refractivity contribution is -0.137. The van der Waals surface area contributed by atoms with Gasteiger partial charge in [0.25, 0.3) is 5.91 Å². The van der Waals surface area contributed by atoms with Gasteiger partial charge in [-0.2, -0.15) is 0 Å². The van der Waals surface area contributed by atoms with Crippen molar-refractivity contribution in [3.05, 3.63) is 24.7 Å². The highest BCUT2D eigenvalue weighted by atomic mass is 31.2. The summed E-state index contributed by atoms with van der Waals surface area (Å²) in [7, 11) is -24.6. The Bertz CT molecular complexity index is 2760. The first-order chi connectivity index (χ1) is 39.2. The normalized spacial score (nSPS) is 34.0. The fraction of sp³-hybridized carbons (Fsp3) is 0.795. The number of Topliss-reactive ketones (excluding diaryl/α,β-unsaturated/α-hetero) is 1. The molecule has 0 aliphatic carbocycles. The summed E-state index contributed by atoms with van der Waals surface area (Å²) in [6, 6.07) is 0. The van der Waals surface area contributed by atoms with E-state index in [4.69, 9.17) is 74.9 Å². The molecule has 1 aromatic heterocycles. The minimum absolute atomic E-state index is 0.00863. The predicted molar refractivity (Wildman–Crippen MR) is 283 cm³/mol. The number of ketones is 1. The second-order valence-corrected chi connectivity index (χ2v) is 27.5. The Kier molecular flexibility index (Phi) is 24.0. The number of hydrogen-bond donors (Lipinski definition) is 9. The number of aliphatic imine (C=N–C) groups is 1. The molecule has 2 amide bonds. The zero-order valence-electron chi connectivity index (χ0n) is 46.2. The molecule has 10 N–H and O–H groups in total. The van der Waals surface area contributed by atoms with E-state index in [1.165, 1.54) is 17.8 Å². The van der Waals surface area contributed by atoms with Gasteiger partial charge in [-0.3, -0.25) is 59.7 Å². The molecular formula is C44H73N6O29P5. The van der Waals surface area contributed by atoms with E-state index in [0.29, 0.717) is 0 Å². The van der Waals surface area contributed by atoms with E-state index in [1.54, 1.807) is 27.7 Å². The van der Waals surface area contributed by atoms with Gasteiger partial charge in [0.1, 0.15) is 60.9 Å². The third-order valence-corrected chi connectivity index (χ3v) is 18.1. The number of aromatic nitrogens is 2. The highest BCUT2D eigenvalue weighted by Gasteiger charge is 2.48. The predicted octanol–water partition coefficient (Wildman–Crippen LogP) is 2.16. The van der Waals surface area contributed by atoms with E-state index in [2.05, 4.69) is 27.2 Å². The molecule has 0 bridgehead atoms. The van der Waals surface area contributed by atoms with E-state index in [-0.39, 0.29) is 93.7 Å². The summed E-state index contributed by atoms with van der Waals surface area (Å²) in [5.41, 5.74) is 5.88. The van der Waals surface area contributed by atoms with Crippen LogP contribution in [0.4, 0.5) is 5.82 Å². The summed E-state index contributed by atoms with van der Waals surface area (Å²) < 4.78 is 148. The van der Waals surface area contributed by atoms with Crippen molar-refractivity contribution < 1.29 is 136 Å². The molecule has 5 saturated heterocycles. The molecule has 0 saturated carbocycles. The number of phosphoric acid groups is 5. The minimum Gasteiger partial charge on any atom is -0.387 e. The molecule has 478 valence electrons. The number of nitrogens with two attached hydrogens (primary N) is 1. The van der Waals surface area contributed by atoms with Gasteiger partial charge < -0.3 is 74.1 Å². The molecule has 0 radical (unpaired) electrons. The summed E-state index contributed by atoms with van der Waals surface area (Å²) in [5, 5.41) is 5.14. The number of imidazole rings is 1. The van der Waals surface area contributed by atoms with Crippen molar-refractivity contribution in [3.63, 3.8) is 0 Å². The van der Waals surface area contributed by atoms with Gasteiger partial charge in [0, 0.05) is 52.1 Å². The van der Waals surface area contributed by atoms with Crippen molar-refractivity contribution in [3.8, 4) is 0 Å². The smallest absolute Gasteiger partial charge is 0.387 e. The number of fused-ring (bicyclic) bond motifs is 1. The van der Waals surface area contributed by atoms with Crippen LogP contribution in [0.1, 0.15) is 96.3 Å². The van der Waals surface area contributed by atoms with Crippen LogP contribution in [0, 0.1) is 0 Å². The summed E-state index contributed by atoms with van der Waals surface area (Å²) >= 11 is 0. The van der Waals surface area contributed by atoms with Gasteiger partial charge >= 0.3 is 39.1 Å². The second-order valence-electron chi connectivity index (χ2n) is 20.6. The molecule has 20 atom stereocenters. The van der Waals surface area contributed by atoms with Crippen LogP contribution < -0.4 is 16.4 Å². The van der Waals surface area contributed by atoms with Gasteiger partial charge in [0.2, 0.25) is 5.91 Å². The standard InChI is InChI=1S/C44H73N6O29P5/c1-7-29(74-30-16-41(75-36(30)18-66-80(54,55)56)50-22-48-42-28(52)15-40(45)49-43(42)50)44(53)47-17-35-31(11-23(2)70-35)76-82(59,60)67-20-38-33(13-25(4)72-38)78-84(63,64)69-21-39-34(14-26(5)73-39)79-83(61,62)68-19-37-32(12-24(3)71-37)77-81(57,58)65-10-8-9-46-27(6)51/h7,22-26,29-39,41H,1,8-21H2,2-6H3,(H2,45,49)(H,46,51)(H,47,53)(H,57,58)(H,59,60)(H,61,62)(H,63,64)(H2,54,55,56). The van der Waals surface area contributed by atoms with Gasteiger partial charge in [-0.05, 0) is 34.1 Å². The van der Waals surface area contributed by atoms with Crippen LogP contribution in [-0.2, 0) is 102 Å². The molecule has 6 aliphatic heterocycles. The van der Waals surface area contributed by atoms with E-state index in [1.807, 2.05) is 0 Å². The second kappa shape index (κ2) is 29.3. The van der Waals surface area contributed by atoms with Gasteiger partial charge in [0.05, 0.1) is 82.4 Å². The van der Waals surface area contributed by atoms with E-state index in [0.717, 1.165) is 6.08 Å². The molecule has 0 spiro atoms. The Labute approximate surface area is 481 Å². The molecular weight excluding hydrogens is 1230 g/mol. The monoisotopic (exact) mass is 1300 g/mol. The maximum absolute atomic E-state index is 13.6. The molecule has 35 nitrogen and oxygen atoms in total. The van der Waals surface area contributed by atoms with Crippen LogP contribution in [0.5, 0.6) is 0 Å². The number of carbonyl (C=O) groups is 3. The molecule has 1 aromatic rings. The molecule has 7 heterocycles. The minimum atomic E-state index is -5.02. The number of hydrogen-bond acceptors (Lipinski definition) is 26. The van der Waals surface area contributed by atoms with Crippen LogP contribution >= 0.6 is 39.1 Å². The van der Waals surface area contributed by atoms with Crippen LogP contribution in [0.2, 0.25) is 0 Å². The molecule has 40 heteroatoms. The molecule has 6 aliphatic rings. The molecule has 5 fully saturated rings. The number of ether oxygens (including phenoxy) is 6. The van der Waals surface area contributed by atoms with Crippen LogP contribution in [0.25, 0.3) is 0 Å². The van der Waals surface area contributed by atoms with Crippen LogP contribution in [-0.4, -0.2) is 200 Å². The summed E-state index contributed by atoms with van der Waals surface area (Å²) in [6.07, 6.45) is -13.6. The first kappa shape index (κ1) is 68.8. The average Bonchev–Trinajstić information content (AvgIpc) is 3.51. The summed E-state index contributed by atoms with van der Waals surface area (Å²) in [4.78, 5) is 107. The van der Waals surface area contributed by atoms with Crippen molar-refractivity contribution in [2.75, 3.05) is 46.1 Å². The van der Waals surface area contributed by atoms with Crippen molar-refractivity contribution >= 4 is 68.4 Å². The lowest BCUT2D eigenvalue weighted by Gasteiger charge is -2.26. The molecule has 7 rings (SSSR count). The average molecular weight is 1300 g/mol. The maximum atomic E-state index is 13.6. The van der Waals surface area contributed by atoms with E-state index >= 15 is 0 Å². The summed E-state index contributed by atoms with van der Waals surface area (Å²) in [5.74, 6) is -1.33. The molecule has 84 heavy (non-hydrogen) atoms. The van der Waals surface area contributed by atoms with Gasteiger partial charge in [-0.25, -0.2) is 32.8 Å². The third-order valence-electron chi connectivity index (χ3n) is 13.6. The first-order valence-electron chi connectivity index (χ1n) is 26.6. The highest BCUT2D eigenvalue weighted by molar-refractivity contribution is 7.48.